The summed E-state index contributed by atoms with van der Waals surface area (Å²) in [6.07, 6.45) is 3.63. The van der Waals surface area contributed by atoms with Gasteiger partial charge in [-0.3, -0.25) is 0 Å². The Balaban J connectivity index is 1.63. The van der Waals surface area contributed by atoms with Crippen molar-refractivity contribution in [2.75, 3.05) is 38.2 Å². The smallest absolute Gasteiger partial charge is 0.163 e. The first-order chi connectivity index (χ1) is 10.3. The lowest BCUT2D eigenvalue weighted by molar-refractivity contribution is 0.171. The molecule has 0 radical (unpaired) electrons. The summed E-state index contributed by atoms with van der Waals surface area (Å²) in [6, 6.07) is 4.59. The molecule has 0 unspecified atom stereocenters. The minimum atomic E-state index is 0.539. The van der Waals surface area contributed by atoms with Crippen molar-refractivity contribution in [3.63, 3.8) is 0 Å². The van der Waals surface area contributed by atoms with Gasteiger partial charge >= 0.3 is 0 Å². The Bertz CT molecular complexity index is 487. The van der Waals surface area contributed by atoms with Gasteiger partial charge in [-0.1, -0.05) is 6.92 Å². The molecule has 21 heavy (non-hydrogen) atoms. The van der Waals surface area contributed by atoms with Gasteiger partial charge in [-0.05, 0) is 41.7 Å². The fraction of sp³-hybridized carbons (Fsp3) is 0.625. The van der Waals surface area contributed by atoms with E-state index in [1.807, 2.05) is 6.07 Å². The number of benzene rings is 1. The number of fused-ring (bicyclic) bond motifs is 1. The second kappa shape index (κ2) is 6.88. The predicted molar refractivity (Wildman–Crippen MR) is 88.5 cm³/mol. The van der Waals surface area contributed by atoms with Crippen LogP contribution in [-0.4, -0.2) is 43.8 Å². The monoisotopic (exact) mass is 354 g/mol. The van der Waals surface area contributed by atoms with Gasteiger partial charge in [0.15, 0.2) is 11.5 Å². The van der Waals surface area contributed by atoms with Crippen molar-refractivity contribution in [3.05, 3.63) is 16.6 Å². The van der Waals surface area contributed by atoms with Crippen molar-refractivity contribution in [2.24, 2.45) is 0 Å². The topological polar surface area (TPSA) is 33.7 Å². The van der Waals surface area contributed by atoms with Crippen LogP contribution in [-0.2, 0) is 0 Å². The molecular weight excluding hydrogens is 332 g/mol. The average molecular weight is 355 g/mol. The molecular formula is C16H23BrN2O2. The third kappa shape index (κ3) is 3.64. The van der Waals surface area contributed by atoms with Gasteiger partial charge < -0.3 is 19.7 Å². The van der Waals surface area contributed by atoms with Gasteiger partial charge in [-0.15, -0.1) is 0 Å². The first-order valence-corrected chi connectivity index (χ1v) is 8.63. The number of piperidine rings is 1. The zero-order valence-electron chi connectivity index (χ0n) is 12.5. The zero-order chi connectivity index (χ0) is 14.7. The molecule has 1 aromatic rings. The van der Waals surface area contributed by atoms with Gasteiger partial charge in [0.2, 0.25) is 0 Å². The highest BCUT2D eigenvalue weighted by molar-refractivity contribution is 9.10. The molecule has 0 aliphatic carbocycles. The first-order valence-electron chi connectivity index (χ1n) is 7.84. The Morgan fingerprint density at radius 3 is 2.52 bits per heavy atom. The molecule has 5 heteroatoms. The number of likely N-dealkylation sites (tertiary alicyclic amines) is 1. The highest BCUT2D eigenvalue weighted by Crippen LogP contribution is 2.38. The SMILES string of the molecule is CCCN1CCC(Nc2cc3c(cc2Br)OCCO3)CC1. The number of ether oxygens (including phenoxy) is 2. The summed E-state index contributed by atoms with van der Waals surface area (Å²) in [7, 11) is 0. The molecule has 3 rings (SSSR count). The number of nitrogens with one attached hydrogen (secondary N) is 1. The van der Waals surface area contributed by atoms with E-state index in [4.69, 9.17) is 9.47 Å². The van der Waals surface area contributed by atoms with E-state index in [0.29, 0.717) is 19.3 Å². The van der Waals surface area contributed by atoms with Crippen molar-refractivity contribution in [1.82, 2.24) is 4.90 Å². The highest BCUT2D eigenvalue weighted by Gasteiger charge is 2.21. The van der Waals surface area contributed by atoms with E-state index < -0.39 is 0 Å². The van der Waals surface area contributed by atoms with Gasteiger partial charge in [0.1, 0.15) is 13.2 Å². The van der Waals surface area contributed by atoms with E-state index in [9.17, 15) is 0 Å². The highest BCUT2D eigenvalue weighted by atomic mass is 79.9. The molecule has 116 valence electrons. The van der Waals surface area contributed by atoms with Crippen LogP contribution >= 0.6 is 15.9 Å². The van der Waals surface area contributed by atoms with Crippen LogP contribution in [0.5, 0.6) is 11.5 Å². The standard InChI is InChI=1S/C16H23BrN2O2/c1-2-5-19-6-3-12(4-7-19)18-14-11-16-15(10-13(14)17)20-8-9-21-16/h10-12,18H,2-9H2,1H3. The van der Waals surface area contributed by atoms with Gasteiger partial charge in [0.05, 0.1) is 5.69 Å². The van der Waals surface area contributed by atoms with Crippen LogP contribution in [0.1, 0.15) is 26.2 Å². The minimum Gasteiger partial charge on any atom is -0.486 e. The second-order valence-corrected chi connectivity index (χ2v) is 6.59. The number of rotatable bonds is 4. The molecule has 0 aromatic heterocycles. The molecule has 1 N–H and O–H groups in total. The second-order valence-electron chi connectivity index (χ2n) is 5.74. The van der Waals surface area contributed by atoms with Crippen LogP contribution in [0.2, 0.25) is 0 Å². The molecule has 1 fully saturated rings. The molecule has 1 aromatic carbocycles. The lowest BCUT2D eigenvalue weighted by Gasteiger charge is -2.33. The van der Waals surface area contributed by atoms with E-state index in [2.05, 4.69) is 39.1 Å². The van der Waals surface area contributed by atoms with Gasteiger partial charge in [0, 0.05) is 35.7 Å². The Morgan fingerprint density at radius 2 is 1.86 bits per heavy atom. The molecule has 2 aliphatic rings. The number of hydrogen-bond donors (Lipinski definition) is 1. The summed E-state index contributed by atoms with van der Waals surface area (Å²) in [6.45, 7) is 7.10. The third-order valence-electron chi connectivity index (χ3n) is 4.12. The van der Waals surface area contributed by atoms with Crippen molar-refractivity contribution < 1.29 is 9.47 Å². The predicted octanol–water partition coefficient (Wildman–Crippen LogP) is 3.51. The third-order valence-corrected chi connectivity index (χ3v) is 4.77. The van der Waals surface area contributed by atoms with Crippen molar-refractivity contribution in [2.45, 2.75) is 32.2 Å². The summed E-state index contributed by atoms with van der Waals surface area (Å²) in [5.74, 6) is 1.67. The van der Waals surface area contributed by atoms with Crippen LogP contribution < -0.4 is 14.8 Å². The normalized spacial score (nSPS) is 19.5. The number of halogens is 1. The number of hydrogen-bond acceptors (Lipinski definition) is 4. The molecule has 2 heterocycles. The molecule has 0 bridgehead atoms. The molecule has 0 atom stereocenters. The van der Waals surface area contributed by atoms with Crippen LogP contribution in [0.3, 0.4) is 0 Å². The Hall–Kier alpha value is -0.940. The van der Waals surface area contributed by atoms with Crippen molar-refractivity contribution in [1.29, 1.82) is 0 Å². The Labute approximate surface area is 134 Å². The van der Waals surface area contributed by atoms with E-state index in [1.54, 1.807) is 0 Å². The molecule has 1 saturated heterocycles. The fourth-order valence-corrected chi connectivity index (χ4v) is 3.45. The lowest BCUT2D eigenvalue weighted by Crippen LogP contribution is -2.39. The zero-order valence-corrected chi connectivity index (χ0v) is 14.1. The largest absolute Gasteiger partial charge is 0.486 e. The Morgan fingerprint density at radius 1 is 1.19 bits per heavy atom. The van der Waals surface area contributed by atoms with Crippen molar-refractivity contribution in [3.8, 4) is 11.5 Å². The van der Waals surface area contributed by atoms with Crippen LogP contribution in [0.25, 0.3) is 0 Å². The van der Waals surface area contributed by atoms with E-state index in [-0.39, 0.29) is 0 Å². The summed E-state index contributed by atoms with van der Waals surface area (Å²) in [4.78, 5) is 2.55. The molecule has 0 spiro atoms. The summed E-state index contributed by atoms with van der Waals surface area (Å²) >= 11 is 3.63. The minimum absolute atomic E-state index is 0.539. The number of nitrogens with zero attached hydrogens (tertiary/aromatic N) is 1. The Kier molecular flexibility index (Phi) is 4.91. The summed E-state index contributed by atoms with van der Waals surface area (Å²) in [5, 5.41) is 3.65. The van der Waals surface area contributed by atoms with E-state index in [1.165, 1.54) is 38.9 Å². The van der Waals surface area contributed by atoms with E-state index >= 15 is 0 Å². The quantitative estimate of drug-likeness (QED) is 0.896. The van der Waals surface area contributed by atoms with Crippen LogP contribution in [0, 0.1) is 0 Å². The molecule has 0 saturated carbocycles. The first kappa shape index (κ1) is 15.0. The number of anilines is 1. The fourth-order valence-electron chi connectivity index (χ4n) is 3.01. The van der Waals surface area contributed by atoms with Crippen molar-refractivity contribution >= 4 is 21.6 Å². The van der Waals surface area contributed by atoms with Crippen LogP contribution in [0.15, 0.2) is 16.6 Å². The molecule has 0 amide bonds. The summed E-state index contributed by atoms with van der Waals surface area (Å²) in [5.41, 5.74) is 1.10. The van der Waals surface area contributed by atoms with Gasteiger partial charge in [-0.25, -0.2) is 0 Å². The molecule has 4 nitrogen and oxygen atoms in total. The van der Waals surface area contributed by atoms with E-state index in [0.717, 1.165) is 21.7 Å². The summed E-state index contributed by atoms with van der Waals surface area (Å²) < 4.78 is 12.3. The maximum atomic E-state index is 5.66. The lowest BCUT2D eigenvalue weighted by atomic mass is 10.0. The maximum Gasteiger partial charge on any atom is 0.163 e. The van der Waals surface area contributed by atoms with Gasteiger partial charge in [0.25, 0.3) is 0 Å². The van der Waals surface area contributed by atoms with Gasteiger partial charge in [-0.2, -0.15) is 0 Å². The molecule has 2 aliphatic heterocycles. The average Bonchev–Trinajstić information content (AvgIpc) is 2.50. The maximum absolute atomic E-state index is 5.66. The van der Waals surface area contributed by atoms with Crippen LogP contribution in [0.4, 0.5) is 5.69 Å².